The van der Waals surface area contributed by atoms with Crippen molar-refractivity contribution < 1.29 is 18.3 Å². The van der Waals surface area contributed by atoms with Crippen molar-refractivity contribution in [1.29, 1.82) is 0 Å². The Balaban J connectivity index is 4.37. The zero-order valence-electron chi connectivity index (χ0n) is 10.1. The molecule has 16 heavy (non-hydrogen) atoms. The average Bonchev–Trinajstić information content (AvgIpc) is 2.13. The molecule has 2 N–H and O–H groups in total. The first-order chi connectivity index (χ1) is 7.30. The largest absolute Gasteiger partial charge is 0.480 e. The van der Waals surface area contributed by atoms with Gasteiger partial charge in [-0.05, 0) is 12.3 Å². The number of carbonyl (C=O) groups is 1. The quantitative estimate of drug-likeness (QED) is 0.635. The van der Waals surface area contributed by atoms with Crippen LogP contribution < -0.4 is 4.72 Å². The number of hydrogen-bond donors (Lipinski definition) is 2. The van der Waals surface area contributed by atoms with Gasteiger partial charge in [-0.15, -0.1) is 0 Å². The Kier molecular flexibility index (Phi) is 6.59. The van der Waals surface area contributed by atoms with Crippen LogP contribution in [0.4, 0.5) is 0 Å². The minimum atomic E-state index is -3.47. The zero-order valence-corrected chi connectivity index (χ0v) is 10.9. The highest BCUT2D eigenvalue weighted by atomic mass is 32.2. The SMILES string of the molecule is CCCCCS(=O)(=O)NC(C(=O)O)C(C)C. The summed E-state index contributed by atoms with van der Waals surface area (Å²) < 4.78 is 25.3. The maximum atomic E-state index is 11.6. The summed E-state index contributed by atoms with van der Waals surface area (Å²) in [5.74, 6) is -1.40. The first-order valence-electron chi connectivity index (χ1n) is 5.53. The summed E-state index contributed by atoms with van der Waals surface area (Å²) in [7, 11) is -3.47. The van der Waals surface area contributed by atoms with E-state index in [1.165, 1.54) is 0 Å². The minimum Gasteiger partial charge on any atom is -0.480 e. The lowest BCUT2D eigenvalue weighted by Crippen LogP contribution is -2.45. The van der Waals surface area contributed by atoms with Gasteiger partial charge in [-0.2, -0.15) is 0 Å². The second-order valence-electron chi connectivity index (χ2n) is 4.20. The molecule has 0 aliphatic rings. The molecule has 0 heterocycles. The van der Waals surface area contributed by atoms with Crippen LogP contribution in [-0.2, 0) is 14.8 Å². The number of carboxylic acid groups (broad SMARTS) is 1. The van der Waals surface area contributed by atoms with Gasteiger partial charge in [0.1, 0.15) is 6.04 Å². The molecular formula is C10H21NO4S. The topological polar surface area (TPSA) is 83.5 Å². The van der Waals surface area contributed by atoms with E-state index in [1.54, 1.807) is 13.8 Å². The molecule has 0 aliphatic carbocycles. The first-order valence-corrected chi connectivity index (χ1v) is 7.18. The molecule has 6 heteroatoms. The van der Waals surface area contributed by atoms with Crippen LogP contribution >= 0.6 is 0 Å². The Morgan fingerprint density at radius 1 is 1.31 bits per heavy atom. The van der Waals surface area contributed by atoms with Gasteiger partial charge in [0.2, 0.25) is 10.0 Å². The van der Waals surface area contributed by atoms with E-state index in [-0.39, 0.29) is 11.7 Å². The summed E-state index contributed by atoms with van der Waals surface area (Å²) in [6.45, 7) is 5.33. The van der Waals surface area contributed by atoms with Crippen molar-refractivity contribution in [3.8, 4) is 0 Å². The van der Waals surface area contributed by atoms with Gasteiger partial charge in [0.15, 0.2) is 0 Å². The summed E-state index contributed by atoms with van der Waals surface area (Å²) in [6.07, 6.45) is 2.33. The summed E-state index contributed by atoms with van der Waals surface area (Å²) in [4.78, 5) is 10.8. The molecule has 0 aromatic carbocycles. The standard InChI is InChI=1S/C10H21NO4S/c1-4-5-6-7-16(14,15)11-9(8(2)3)10(12)13/h8-9,11H,4-7H2,1-3H3,(H,12,13). The van der Waals surface area contributed by atoms with E-state index in [4.69, 9.17) is 5.11 Å². The monoisotopic (exact) mass is 251 g/mol. The van der Waals surface area contributed by atoms with E-state index in [0.717, 1.165) is 12.8 Å². The smallest absolute Gasteiger partial charge is 0.321 e. The highest BCUT2D eigenvalue weighted by molar-refractivity contribution is 7.89. The van der Waals surface area contributed by atoms with E-state index in [0.29, 0.717) is 6.42 Å². The highest BCUT2D eigenvalue weighted by Crippen LogP contribution is 2.05. The van der Waals surface area contributed by atoms with E-state index in [1.807, 2.05) is 6.92 Å². The van der Waals surface area contributed by atoms with Crippen molar-refractivity contribution >= 4 is 16.0 Å². The number of carboxylic acids is 1. The fraction of sp³-hybridized carbons (Fsp3) is 0.900. The number of nitrogens with one attached hydrogen (secondary N) is 1. The van der Waals surface area contributed by atoms with Gasteiger partial charge in [-0.3, -0.25) is 4.79 Å². The summed E-state index contributed by atoms with van der Waals surface area (Å²) in [5.41, 5.74) is 0. The Morgan fingerprint density at radius 3 is 2.25 bits per heavy atom. The zero-order chi connectivity index (χ0) is 12.8. The molecule has 0 saturated heterocycles. The van der Waals surface area contributed by atoms with E-state index >= 15 is 0 Å². The predicted molar refractivity (Wildman–Crippen MR) is 62.7 cm³/mol. The van der Waals surface area contributed by atoms with Gasteiger partial charge in [-0.25, -0.2) is 13.1 Å². The van der Waals surface area contributed by atoms with Crippen molar-refractivity contribution in [3.63, 3.8) is 0 Å². The normalized spacial score (nSPS) is 14.0. The fourth-order valence-corrected chi connectivity index (χ4v) is 2.73. The molecule has 96 valence electrons. The molecule has 0 bridgehead atoms. The lowest BCUT2D eigenvalue weighted by atomic mass is 10.1. The van der Waals surface area contributed by atoms with Crippen LogP contribution in [0.15, 0.2) is 0 Å². The lowest BCUT2D eigenvalue weighted by molar-refractivity contribution is -0.140. The number of sulfonamides is 1. The molecule has 1 atom stereocenters. The Hall–Kier alpha value is -0.620. The van der Waals surface area contributed by atoms with Crippen LogP contribution in [0.1, 0.15) is 40.0 Å². The van der Waals surface area contributed by atoms with Crippen LogP contribution in [0.25, 0.3) is 0 Å². The molecule has 0 spiro atoms. The molecule has 0 aromatic heterocycles. The molecule has 0 amide bonds. The second kappa shape index (κ2) is 6.85. The molecule has 1 unspecified atom stereocenters. The second-order valence-corrected chi connectivity index (χ2v) is 6.08. The molecule has 0 saturated carbocycles. The maximum Gasteiger partial charge on any atom is 0.321 e. The molecule has 5 nitrogen and oxygen atoms in total. The Bertz CT molecular complexity index is 311. The van der Waals surface area contributed by atoms with E-state index in [2.05, 4.69) is 4.72 Å². The number of aliphatic carboxylic acids is 1. The lowest BCUT2D eigenvalue weighted by Gasteiger charge is -2.17. The number of hydrogen-bond acceptors (Lipinski definition) is 3. The third-order valence-electron chi connectivity index (χ3n) is 2.26. The van der Waals surface area contributed by atoms with Gasteiger partial charge in [0.25, 0.3) is 0 Å². The average molecular weight is 251 g/mol. The molecule has 0 aliphatic heterocycles. The highest BCUT2D eigenvalue weighted by Gasteiger charge is 2.26. The van der Waals surface area contributed by atoms with Crippen molar-refractivity contribution in [2.45, 2.75) is 46.1 Å². The third kappa shape index (κ3) is 6.07. The van der Waals surface area contributed by atoms with Crippen molar-refractivity contribution in [3.05, 3.63) is 0 Å². The predicted octanol–water partition coefficient (Wildman–Crippen LogP) is 1.21. The Labute approximate surface area is 97.3 Å². The number of rotatable bonds is 8. The molecule has 0 aromatic rings. The van der Waals surface area contributed by atoms with Gasteiger partial charge >= 0.3 is 5.97 Å². The van der Waals surface area contributed by atoms with Crippen LogP contribution in [0.3, 0.4) is 0 Å². The van der Waals surface area contributed by atoms with Crippen molar-refractivity contribution in [1.82, 2.24) is 4.72 Å². The van der Waals surface area contributed by atoms with Crippen molar-refractivity contribution in [2.75, 3.05) is 5.75 Å². The third-order valence-corrected chi connectivity index (χ3v) is 3.70. The maximum absolute atomic E-state index is 11.6. The van der Waals surface area contributed by atoms with Crippen LogP contribution in [0.5, 0.6) is 0 Å². The number of unbranched alkanes of at least 4 members (excludes halogenated alkanes) is 2. The molecule has 0 radical (unpaired) electrons. The summed E-state index contributed by atoms with van der Waals surface area (Å²) in [5, 5.41) is 8.85. The molecule has 0 rings (SSSR count). The molecule has 0 fully saturated rings. The minimum absolute atomic E-state index is 0.00264. The first kappa shape index (κ1) is 15.4. The fourth-order valence-electron chi connectivity index (χ4n) is 1.27. The van der Waals surface area contributed by atoms with Gasteiger partial charge in [0.05, 0.1) is 5.75 Å². The Morgan fingerprint density at radius 2 is 1.88 bits per heavy atom. The van der Waals surface area contributed by atoms with E-state index < -0.39 is 22.0 Å². The van der Waals surface area contributed by atoms with Crippen LogP contribution in [-0.4, -0.2) is 31.3 Å². The van der Waals surface area contributed by atoms with Crippen molar-refractivity contribution in [2.24, 2.45) is 5.92 Å². The van der Waals surface area contributed by atoms with Gasteiger partial charge in [0, 0.05) is 0 Å². The molecular weight excluding hydrogens is 230 g/mol. The van der Waals surface area contributed by atoms with Crippen LogP contribution in [0, 0.1) is 5.92 Å². The summed E-state index contributed by atoms with van der Waals surface area (Å²) in [6, 6.07) is -1.04. The van der Waals surface area contributed by atoms with Gasteiger partial charge in [-0.1, -0.05) is 33.6 Å². The van der Waals surface area contributed by atoms with Crippen LogP contribution in [0.2, 0.25) is 0 Å². The van der Waals surface area contributed by atoms with E-state index in [9.17, 15) is 13.2 Å². The summed E-state index contributed by atoms with van der Waals surface area (Å²) >= 11 is 0. The van der Waals surface area contributed by atoms with Gasteiger partial charge < -0.3 is 5.11 Å².